The van der Waals surface area contributed by atoms with E-state index in [2.05, 4.69) is 5.10 Å². The monoisotopic (exact) mass is 336 g/mol. The molecular formula is C15H17ClN4O3. The molecular weight excluding hydrogens is 320 g/mol. The molecule has 23 heavy (non-hydrogen) atoms. The van der Waals surface area contributed by atoms with E-state index < -0.39 is 0 Å². The third-order valence-electron chi connectivity index (χ3n) is 3.27. The summed E-state index contributed by atoms with van der Waals surface area (Å²) in [5, 5.41) is 4.21. The highest BCUT2D eigenvalue weighted by atomic mass is 35.5. The number of nitrogens with zero attached hydrogens (tertiary/aromatic N) is 3. The van der Waals surface area contributed by atoms with Gasteiger partial charge in [-0.05, 0) is 36.4 Å². The van der Waals surface area contributed by atoms with Crippen LogP contribution in [-0.2, 0) is 6.54 Å². The predicted octanol–water partition coefficient (Wildman–Crippen LogP) is 1.59. The lowest BCUT2D eigenvalue weighted by atomic mass is 10.3. The summed E-state index contributed by atoms with van der Waals surface area (Å²) in [6, 6.07) is 10.7. The molecule has 0 amide bonds. The summed E-state index contributed by atoms with van der Waals surface area (Å²) < 4.78 is 13.4. The van der Waals surface area contributed by atoms with Gasteiger partial charge in [-0.3, -0.25) is 0 Å². The van der Waals surface area contributed by atoms with Crippen molar-refractivity contribution in [1.82, 2.24) is 14.2 Å². The lowest BCUT2D eigenvalue weighted by Crippen LogP contribution is -2.23. The predicted molar refractivity (Wildman–Crippen MR) is 89.6 cm³/mol. The van der Waals surface area contributed by atoms with E-state index in [4.69, 9.17) is 15.2 Å². The third-order valence-corrected chi connectivity index (χ3v) is 3.27. The molecule has 2 N–H and O–H groups in total. The molecule has 0 aliphatic heterocycles. The number of nitrogens with two attached hydrogens (primary N) is 1. The standard InChI is InChI=1S/C15H16N4O3.ClH/c1-21-11-4-6-12(7-5-11)22-10-9-19-15(20)18-8-2-3-13(16)14(18)17-19;/h2-8H,9-10,16H2,1H3;1H. The van der Waals surface area contributed by atoms with Crippen LogP contribution in [0.15, 0.2) is 47.4 Å². The van der Waals surface area contributed by atoms with Crippen molar-refractivity contribution in [3.63, 3.8) is 0 Å². The number of benzene rings is 1. The lowest BCUT2D eigenvalue weighted by molar-refractivity contribution is 0.288. The van der Waals surface area contributed by atoms with E-state index in [1.807, 2.05) is 24.3 Å². The fraction of sp³-hybridized carbons (Fsp3) is 0.200. The molecule has 0 spiro atoms. The topological polar surface area (TPSA) is 83.8 Å². The smallest absolute Gasteiger partial charge is 0.350 e. The molecule has 0 aliphatic carbocycles. The Hall–Kier alpha value is -2.67. The van der Waals surface area contributed by atoms with Crippen molar-refractivity contribution < 1.29 is 9.47 Å². The van der Waals surface area contributed by atoms with Crippen LogP contribution in [0.25, 0.3) is 5.65 Å². The first-order valence-electron chi connectivity index (χ1n) is 6.79. The van der Waals surface area contributed by atoms with Gasteiger partial charge in [0, 0.05) is 6.20 Å². The van der Waals surface area contributed by atoms with Crippen molar-refractivity contribution in [3.8, 4) is 11.5 Å². The average molecular weight is 337 g/mol. The summed E-state index contributed by atoms with van der Waals surface area (Å²) in [7, 11) is 1.61. The van der Waals surface area contributed by atoms with Gasteiger partial charge in [0.2, 0.25) is 0 Å². The highest BCUT2D eigenvalue weighted by molar-refractivity contribution is 5.85. The zero-order valence-electron chi connectivity index (χ0n) is 12.5. The summed E-state index contributed by atoms with van der Waals surface area (Å²) in [5.74, 6) is 1.47. The number of nitrogen functional groups attached to an aromatic ring is 1. The maximum absolute atomic E-state index is 12.1. The maximum atomic E-state index is 12.1. The number of anilines is 1. The molecule has 2 aromatic heterocycles. The largest absolute Gasteiger partial charge is 0.497 e. The van der Waals surface area contributed by atoms with E-state index in [1.54, 1.807) is 25.4 Å². The van der Waals surface area contributed by atoms with Gasteiger partial charge in [0.1, 0.15) is 18.1 Å². The Morgan fingerprint density at radius 1 is 1.17 bits per heavy atom. The fourth-order valence-corrected chi connectivity index (χ4v) is 2.13. The van der Waals surface area contributed by atoms with E-state index in [9.17, 15) is 4.79 Å². The second-order valence-corrected chi connectivity index (χ2v) is 4.69. The van der Waals surface area contributed by atoms with Crippen LogP contribution in [0.5, 0.6) is 11.5 Å². The summed E-state index contributed by atoms with van der Waals surface area (Å²) in [6.45, 7) is 0.669. The average Bonchev–Trinajstić information content (AvgIpc) is 2.86. The molecule has 0 atom stereocenters. The van der Waals surface area contributed by atoms with E-state index in [1.165, 1.54) is 9.08 Å². The second kappa shape index (κ2) is 7.06. The Balaban J connectivity index is 0.00000192. The van der Waals surface area contributed by atoms with Gasteiger partial charge >= 0.3 is 5.69 Å². The van der Waals surface area contributed by atoms with Gasteiger partial charge < -0.3 is 15.2 Å². The van der Waals surface area contributed by atoms with E-state index in [-0.39, 0.29) is 18.1 Å². The number of pyridine rings is 1. The summed E-state index contributed by atoms with van der Waals surface area (Å²) in [5.41, 5.74) is 6.49. The first kappa shape index (κ1) is 16.7. The molecule has 3 rings (SSSR count). The third kappa shape index (κ3) is 3.40. The fourth-order valence-electron chi connectivity index (χ4n) is 2.13. The number of rotatable bonds is 5. The van der Waals surface area contributed by atoms with Crippen LogP contribution >= 0.6 is 12.4 Å². The zero-order valence-corrected chi connectivity index (χ0v) is 13.3. The van der Waals surface area contributed by atoms with Crippen molar-refractivity contribution in [1.29, 1.82) is 0 Å². The van der Waals surface area contributed by atoms with E-state index in [0.29, 0.717) is 30.2 Å². The van der Waals surface area contributed by atoms with Gasteiger partial charge in [-0.2, -0.15) is 0 Å². The van der Waals surface area contributed by atoms with Crippen LogP contribution in [0.4, 0.5) is 5.69 Å². The Labute approximate surface area is 138 Å². The van der Waals surface area contributed by atoms with Gasteiger partial charge in [-0.25, -0.2) is 13.9 Å². The van der Waals surface area contributed by atoms with Crippen molar-refractivity contribution in [2.45, 2.75) is 6.54 Å². The van der Waals surface area contributed by atoms with Crippen molar-refractivity contribution in [2.75, 3.05) is 19.5 Å². The first-order valence-corrected chi connectivity index (χ1v) is 6.79. The molecule has 0 aliphatic rings. The highest BCUT2D eigenvalue weighted by Crippen LogP contribution is 2.16. The SMILES string of the molecule is COc1ccc(OCCn2nc3c(N)cccn3c2=O)cc1.Cl. The number of methoxy groups -OCH3 is 1. The van der Waals surface area contributed by atoms with Gasteiger partial charge in [0.05, 0.1) is 19.3 Å². The molecule has 7 nitrogen and oxygen atoms in total. The molecule has 0 fully saturated rings. The van der Waals surface area contributed by atoms with Crippen LogP contribution < -0.4 is 20.9 Å². The summed E-state index contributed by atoms with van der Waals surface area (Å²) in [6.07, 6.45) is 1.64. The van der Waals surface area contributed by atoms with Crippen molar-refractivity contribution in [2.24, 2.45) is 0 Å². The minimum atomic E-state index is -0.236. The van der Waals surface area contributed by atoms with Crippen LogP contribution in [0.2, 0.25) is 0 Å². The lowest BCUT2D eigenvalue weighted by Gasteiger charge is -2.06. The Morgan fingerprint density at radius 3 is 2.52 bits per heavy atom. The molecule has 8 heteroatoms. The normalized spacial score (nSPS) is 10.3. The Morgan fingerprint density at radius 2 is 1.87 bits per heavy atom. The molecule has 0 saturated heterocycles. The van der Waals surface area contributed by atoms with Gasteiger partial charge in [-0.1, -0.05) is 0 Å². The highest BCUT2D eigenvalue weighted by Gasteiger charge is 2.08. The molecule has 2 heterocycles. The molecule has 0 bridgehead atoms. The van der Waals surface area contributed by atoms with E-state index >= 15 is 0 Å². The van der Waals surface area contributed by atoms with Crippen LogP contribution in [0, 0.1) is 0 Å². The Bertz CT molecular complexity index is 842. The molecule has 1 aromatic carbocycles. The molecule has 0 unspecified atom stereocenters. The van der Waals surface area contributed by atoms with Gasteiger partial charge in [0.15, 0.2) is 5.65 Å². The summed E-state index contributed by atoms with van der Waals surface area (Å²) in [4.78, 5) is 12.1. The Kier molecular flexibility index (Phi) is 5.13. The second-order valence-electron chi connectivity index (χ2n) is 4.69. The molecule has 3 aromatic rings. The van der Waals surface area contributed by atoms with Crippen molar-refractivity contribution >= 4 is 23.7 Å². The van der Waals surface area contributed by atoms with E-state index in [0.717, 1.165) is 5.75 Å². The van der Waals surface area contributed by atoms with Crippen molar-refractivity contribution in [3.05, 3.63) is 53.1 Å². The number of ether oxygens (including phenoxy) is 2. The van der Waals surface area contributed by atoms with Crippen LogP contribution in [0.3, 0.4) is 0 Å². The van der Waals surface area contributed by atoms with Crippen LogP contribution in [0.1, 0.15) is 0 Å². The zero-order chi connectivity index (χ0) is 15.5. The minimum absolute atomic E-state index is 0. The summed E-state index contributed by atoms with van der Waals surface area (Å²) >= 11 is 0. The number of halogens is 1. The quantitative estimate of drug-likeness (QED) is 0.765. The van der Waals surface area contributed by atoms with Gasteiger partial charge in [-0.15, -0.1) is 17.5 Å². The maximum Gasteiger partial charge on any atom is 0.350 e. The number of hydrogen-bond acceptors (Lipinski definition) is 5. The number of hydrogen-bond donors (Lipinski definition) is 1. The van der Waals surface area contributed by atoms with Gasteiger partial charge in [0.25, 0.3) is 0 Å². The number of fused-ring (bicyclic) bond motifs is 1. The number of aromatic nitrogens is 3. The first-order chi connectivity index (χ1) is 10.7. The molecule has 122 valence electrons. The minimum Gasteiger partial charge on any atom is -0.497 e. The molecule has 0 radical (unpaired) electrons. The molecule has 0 saturated carbocycles. The van der Waals surface area contributed by atoms with Crippen LogP contribution in [-0.4, -0.2) is 27.9 Å².